The minimum Gasteiger partial charge on any atom is -0.352 e. The number of aryl methyl sites for hydroxylation is 1. The van der Waals surface area contributed by atoms with Crippen molar-refractivity contribution in [2.45, 2.75) is 25.9 Å². The minimum atomic E-state index is -0.607. The molecule has 1 aromatic heterocycles. The molecule has 1 unspecified atom stereocenters. The molecule has 27 heavy (non-hydrogen) atoms. The van der Waals surface area contributed by atoms with Gasteiger partial charge in [-0.15, -0.1) is 11.3 Å². The fourth-order valence-electron chi connectivity index (χ4n) is 3.41. The van der Waals surface area contributed by atoms with Gasteiger partial charge in [-0.2, -0.15) is 0 Å². The second-order valence-corrected chi connectivity index (χ2v) is 7.91. The van der Waals surface area contributed by atoms with Gasteiger partial charge in [0.15, 0.2) is 0 Å². The zero-order valence-electron chi connectivity index (χ0n) is 15.6. The Labute approximate surface area is 164 Å². The molecule has 6 nitrogen and oxygen atoms in total. The van der Waals surface area contributed by atoms with E-state index < -0.39 is 6.03 Å². The Hall–Kier alpha value is -2.38. The number of thiophene rings is 1. The third kappa shape index (κ3) is 5.55. The van der Waals surface area contributed by atoms with Gasteiger partial charge in [0.2, 0.25) is 5.91 Å². The maximum absolute atomic E-state index is 12.7. The van der Waals surface area contributed by atoms with E-state index in [-0.39, 0.29) is 18.4 Å². The Morgan fingerprint density at radius 1 is 1.19 bits per heavy atom. The van der Waals surface area contributed by atoms with Crippen LogP contribution in [0.2, 0.25) is 0 Å². The topological polar surface area (TPSA) is 78.7 Å². The fourth-order valence-corrected chi connectivity index (χ4v) is 4.19. The maximum Gasteiger partial charge on any atom is 0.312 e. The predicted molar refractivity (Wildman–Crippen MR) is 107 cm³/mol. The van der Waals surface area contributed by atoms with Gasteiger partial charge in [0.1, 0.15) is 0 Å². The number of rotatable bonds is 6. The average molecular weight is 387 g/mol. The summed E-state index contributed by atoms with van der Waals surface area (Å²) in [5.41, 5.74) is 7.85. The van der Waals surface area contributed by atoms with Gasteiger partial charge in [-0.3, -0.25) is 9.69 Å². The lowest BCUT2D eigenvalue weighted by molar-refractivity contribution is -0.133. The Morgan fingerprint density at radius 3 is 2.59 bits per heavy atom. The molecule has 3 rings (SSSR count). The van der Waals surface area contributed by atoms with Crippen molar-refractivity contribution in [1.29, 1.82) is 0 Å². The predicted octanol–water partition coefficient (Wildman–Crippen LogP) is 2.50. The highest BCUT2D eigenvalue weighted by Crippen LogP contribution is 2.23. The van der Waals surface area contributed by atoms with Gasteiger partial charge in [0, 0.05) is 37.6 Å². The van der Waals surface area contributed by atoms with E-state index in [1.54, 1.807) is 0 Å². The molecule has 7 heteroatoms. The normalized spacial score (nSPS) is 16.1. The number of nitrogens with zero attached hydrogens (tertiary/aromatic N) is 2. The molecular weight excluding hydrogens is 360 g/mol. The number of urea groups is 1. The molecule has 1 aromatic carbocycles. The van der Waals surface area contributed by atoms with Crippen molar-refractivity contribution >= 4 is 23.3 Å². The number of primary amides is 1. The zero-order chi connectivity index (χ0) is 19.2. The summed E-state index contributed by atoms with van der Waals surface area (Å²) in [4.78, 5) is 29.2. The number of carbonyl (C=O) groups is 2. The summed E-state index contributed by atoms with van der Waals surface area (Å²) < 4.78 is 0. The van der Waals surface area contributed by atoms with Crippen LogP contribution in [0.25, 0.3) is 0 Å². The lowest BCUT2D eigenvalue weighted by Gasteiger charge is -2.35. The van der Waals surface area contributed by atoms with Crippen molar-refractivity contribution in [3.05, 3.63) is 57.8 Å². The number of nitrogens with two attached hydrogens (primary N) is 1. The SMILES string of the molecule is Cc1cccc(CN2CCN(C(=O)CC(NC(N)=O)c3cccs3)CC2)c1. The lowest BCUT2D eigenvalue weighted by atomic mass is 10.1. The molecule has 3 N–H and O–H groups in total. The van der Waals surface area contributed by atoms with Gasteiger partial charge in [-0.05, 0) is 23.9 Å². The van der Waals surface area contributed by atoms with E-state index in [0.29, 0.717) is 13.1 Å². The van der Waals surface area contributed by atoms with Gasteiger partial charge in [-0.1, -0.05) is 35.9 Å². The van der Waals surface area contributed by atoms with Crippen molar-refractivity contribution in [2.75, 3.05) is 26.2 Å². The molecule has 0 radical (unpaired) electrons. The average Bonchev–Trinajstić information content (AvgIpc) is 3.16. The molecule has 0 spiro atoms. The van der Waals surface area contributed by atoms with E-state index in [9.17, 15) is 9.59 Å². The first-order chi connectivity index (χ1) is 13.0. The molecular formula is C20H26N4O2S. The van der Waals surface area contributed by atoms with Crippen LogP contribution in [-0.2, 0) is 11.3 Å². The fraction of sp³-hybridized carbons (Fsp3) is 0.400. The number of nitrogens with one attached hydrogen (secondary N) is 1. The molecule has 1 fully saturated rings. The number of carbonyl (C=O) groups excluding carboxylic acids is 2. The monoisotopic (exact) mass is 386 g/mol. The second kappa shape index (κ2) is 9.01. The van der Waals surface area contributed by atoms with E-state index in [4.69, 9.17) is 5.73 Å². The summed E-state index contributed by atoms with van der Waals surface area (Å²) in [5.74, 6) is 0.0531. The van der Waals surface area contributed by atoms with Crippen LogP contribution in [0.4, 0.5) is 4.79 Å². The highest BCUT2D eigenvalue weighted by molar-refractivity contribution is 7.10. The Balaban J connectivity index is 1.52. The standard InChI is InChI=1S/C20H26N4O2S/c1-15-4-2-5-16(12-15)14-23-7-9-24(10-8-23)19(25)13-17(22-20(21)26)18-6-3-11-27-18/h2-6,11-12,17H,7-10,13-14H2,1H3,(H3,21,22,26). The van der Waals surface area contributed by atoms with Crippen LogP contribution in [-0.4, -0.2) is 47.9 Å². The van der Waals surface area contributed by atoms with Crippen molar-refractivity contribution in [3.63, 3.8) is 0 Å². The first-order valence-corrected chi connectivity index (χ1v) is 10.0. The zero-order valence-corrected chi connectivity index (χ0v) is 16.4. The summed E-state index contributed by atoms with van der Waals surface area (Å²) in [5, 5.41) is 4.62. The van der Waals surface area contributed by atoms with E-state index in [1.807, 2.05) is 22.4 Å². The molecule has 3 amide bonds. The molecule has 1 aliphatic heterocycles. The highest BCUT2D eigenvalue weighted by Gasteiger charge is 2.25. The van der Waals surface area contributed by atoms with Gasteiger partial charge in [-0.25, -0.2) is 4.79 Å². The smallest absolute Gasteiger partial charge is 0.312 e. The quantitative estimate of drug-likeness (QED) is 0.801. The molecule has 1 atom stereocenters. The summed E-state index contributed by atoms with van der Waals surface area (Å²) in [6.45, 7) is 6.13. The van der Waals surface area contributed by atoms with Crippen molar-refractivity contribution in [2.24, 2.45) is 5.73 Å². The first kappa shape index (κ1) is 19.4. The molecule has 144 valence electrons. The molecule has 2 heterocycles. The third-order valence-corrected chi connectivity index (χ3v) is 5.78. The number of hydrogen-bond acceptors (Lipinski definition) is 4. The van der Waals surface area contributed by atoms with Crippen LogP contribution < -0.4 is 11.1 Å². The Kier molecular flexibility index (Phi) is 6.47. The molecule has 0 bridgehead atoms. The van der Waals surface area contributed by atoms with Crippen LogP contribution in [0, 0.1) is 6.92 Å². The molecule has 2 aromatic rings. The second-order valence-electron chi connectivity index (χ2n) is 6.93. The van der Waals surface area contributed by atoms with Gasteiger partial charge in [0.25, 0.3) is 0 Å². The van der Waals surface area contributed by atoms with Crippen molar-refractivity contribution in [3.8, 4) is 0 Å². The summed E-state index contributed by atoms with van der Waals surface area (Å²) in [6.07, 6.45) is 0.237. The van der Waals surface area contributed by atoms with Crippen molar-refractivity contribution in [1.82, 2.24) is 15.1 Å². The number of hydrogen-bond donors (Lipinski definition) is 2. The Bertz CT molecular complexity index is 770. The van der Waals surface area contributed by atoms with Crippen LogP contribution in [0.3, 0.4) is 0 Å². The van der Waals surface area contributed by atoms with Crippen LogP contribution in [0.1, 0.15) is 28.5 Å². The number of benzene rings is 1. The summed E-state index contributed by atoms with van der Waals surface area (Å²) in [7, 11) is 0. The van der Waals surface area contributed by atoms with Crippen LogP contribution >= 0.6 is 11.3 Å². The van der Waals surface area contributed by atoms with Gasteiger partial charge in [0.05, 0.1) is 12.5 Å². The summed E-state index contributed by atoms with van der Waals surface area (Å²) >= 11 is 1.52. The highest BCUT2D eigenvalue weighted by atomic mass is 32.1. The maximum atomic E-state index is 12.7. The van der Waals surface area contributed by atoms with E-state index >= 15 is 0 Å². The van der Waals surface area contributed by atoms with E-state index in [2.05, 4.69) is 41.4 Å². The number of piperazine rings is 1. The minimum absolute atomic E-state index is 0.0531. The van der Waals surface area contributed by atoms with E-state index in [1.165, 1.54) is 22.5 Å². The molecule has 0 aliphatic carbocycles. The first-order valence-electron chi connectivity index (χ1n) is 9.16. The van der Waals surface area contributed by atoms with Crippen LogP contribution in [0.5, 0.6) is 0 Å². The Morgan fingerprint density at radius 2 is 1.96 bits per heavy atom. The van der Waals surface area contributed by atoms with Crippen LogP contribution in [0.15, 0.2) is 41.8 Å². The lowest BCUT2D eigenvalue weighted by Crippen LogP contribution is -2.49. The van der Waals surface area contributed by atoms with Gasteiger partial charge < -0.3 is 16.0 Å². The van der Waals surface area contributed by atoms with Gasteiger partial charge >= 0.3 is 6.03 Å². The third-order valence-electron chi connectivity index (χ3n) is 4.80. The molecule has 1 saturated heterocycles. The number of amides is 3. The van der Waals surface area contributed by atoms with Crippen molar-refractivity contribution < 1.29 is 9.59 Å². The largest absolute Gasteiger partial charge is 0.352 e. The molecule has 1 aliphatic rings. The summed E-state index contributed by atoms with van der Waals surface area (Å²) in [6, 6.07) is 11.4. The van der Waals surface area contributed by atoms with E-state index in [0.717, 1.165) is 24.5 Å². The molecule has 0 saturated carbocycles.